The Labute approximate surface area is 213 Å². The van der Waals surface area contributed by atoms with Gasteiger partial charge in [0.2, 0.25) is 0 Å². The summed E-state index contributed by atoms with van der Waals surface area (Å²) in [6, 6.07) is 24.5. The van der Waals surface area contributed by atoms with Gasteiger partial charge >= 0.3 is 5.97 Å². The lowest BCUT2D eigenvalue weighted by Crippen LogP contribution is -2.30. The standard InChI is InChI=1S/C31H32N2O3/c1-5-35-30(34)25-18-24(19-32-20-25)23-9-11-26(12-10-23)31(4,22(2)3)27-13-15-29(16-14-27)36-21-28-8-6-7-17-33-28/h6-20,22H,5,21H2,1-4H3. The molecular formula is C31H32N2O3. The van der Waals surface area contributed by atoms with Gasteiger partial charge in [-0.05, 0) is 59.9 Å². The molecule has 0 saturated carbocycles. The van der Waals surface area contributed by atoms with E-state index < -0.39 is 0 Å². The zero-order valence-corrected chi connectivity index (χ0v) is 21.3. The maximum atomic E-state index is 12.1. The fraction of sp³-hybridized carbons (Fsp3) is 0.258. The Bertz CT molecular complexity index is 1290. The number of ether oxygens (including phenoxy) is 2. The summed E-state index contributed by atoms with van der Waals surface area (Å²) in [4.78, 5) is 20.7. The quantitative estimate of drug-likeness (QED) is 0.245. The first-order valence-electron chi connectivity index (χ1n) is 12.3. The van der Waals surface area contributed by atoms with E-state index in [-0.39, 0.29) is 11.4 Å². The molecule has 36 heavy (non-hydrogen) atoms. The summed E-state index contributed by atoms with van der Waals surface area (Å²) in [5.41, 5.74) is 5.49. The van der Waals surface area contributed by atoms with Crippen molar-refractivity contribution in [2.75, 3.05) is 6.61 Å². The Balaban J connectivity index is 1.55. The number of hydrogen-bond acceptors (Lipinski definition) is 5. The van der Waals surface area contributed by atoms with Crippen LogP contribution < -0.4 is 4.74 Å². The van der Waals surface area contributed by atoms with Crippen LogP contribution in [0.2, 0.25) is 0 Å². The molecule has 0 radical (unpaired) electrons. The molecule has 0 fully saturated rings. The maximum Gasteiger partial charge on any atom is 0.339 e. The molecule has 5 nitrogen and oxygen atoms in total. The highest BCUT2D eigenvalue weighted by Crippen LogP contribution is 2.40. The molecule has 2 aromatic carbocycles. The Hall–Kier alpha value is -3.99. The summed E-state index contributed by atoms with van der Waals surface area (Å²) >= 11 is 0. The fourth-order valence-electron chi connectivity index (χ4n) is 4.30. The van der Waals surface area contributed by atoms with Gasteiger partial charge in [0.05, 0.1) is 17.9 Å². The summed E-state index contributed by atoms with van der Waals surface area (Å²) in [6.45, 7) is 9.33. The number of aromatic nitrogens is 2. The second kappa shape index (κ2) is 11.2. The van der Waals surface area contributed by atoms with Crippen LogP contribution in [-0.4, -0.2) is 22.5 Å². The van der Waals surface area contributed by atoms with Crippen LogP contribution in [0.4, 0.5) is 0 Å². The first kappa shape index (κ1) is 25.1. The van der Waals surface area contributed by atoms with Gasteiger partial charge in [0.15, 0.2) is 0 Å². The highest BCUT2D eigenvalue weighted by Gasteiger charge is 2.32. The lowest BCUT2D eigenvalue weighted by molar-refractivity contribution is 0.0526. The number of nitrogens with zero attached hydrogens (tertiary/aromatic N) is 2. The second-order valence-corrected chi connectivity index (χ2v) is 9.25. The van der Waals surface area contributed by atoms with Crippen molar-refractivity contribution in [3.63, 3.8) is 0 Å². The zero-order chi connectivity index (χ0) is 25.5. The van der Waals surface area contributed by atoms with Crippen molar-refractivity contribution in [1.82, 2.24) is 9.97 Å². The van der Waals surface area contributed by atoms with E-state index in [1.54, 1.807) is 19.3 Å². The molecule has 0 spiro atoms. The van der Waals surface area contributed by atoms with E-state index in [1.807, 2.05) is 36.4 Å². The van der Waals surface area contributed by atoms with E-state index in [0.717, 1.165) is 22.6 Å². The van der Waals surface area contributed by atoms with Gasteiger partial charge in [-0.1, -0.05) is 63.2 Å². The molecule has 0 aliphatic rings. The summed E-state index contributed by atoms with van der Waals surface area (Å²) in [6.07, 6.45) is 5.08. The van der Waals surface area contributed by atoms with Crippen molar-refractivity contribution >= 4 is 5.97 Å². The van der Waals surface area contributed by atoms with Gasteiger partial charge in [0.1, 0.15) is 12.4 Å². The van der Waals surface area contributed by atoms with E-state index in [2.05, 4.69) is 67.1 Å². The summed E-state index contributed by atoms with van der Waals surface area (Å²) in [7, 11) is 0. The molecule has 0 N–H and O–H groups in total. The average Bonchev–Trinajstić information content (AvgIpc) is 2.92. The van der Waals surface area contributed by atoms with Crippen LogP contribution >= 0.6 is 0 Å². The highest BCUT2D eigenvalue weighted by atomic mass is 16.5. The molecule has 0 aliphatic carbocycles. The predicted octanol–water partition coefficient (Wildman–Crippen LogP) is 6.86. The van der Waals surface area contributed by atoms with Crippen molar-refractivity contribution in [2.45, 2.75) is 39.7 Å². The number of benzene rings is 2. The fourth-order valence-corrected chi connectivity index (χ4v) is 4.30. The minimum atomic E-state index is -0.358. The third-order valence-electron chi connectivity index (χ3n) is 6.79. The second-order valence-electron chi connectivity index (χ2n) is 9.25. The van der Waals surface area contributed by atoms with Gasteiger partial charge in [-0.15, -0.1) is 0 Å². The average molecular weight is 481 g/mol. The molecule has 1 unspecified atom stereocenters. The van der Waals surface area contributed by atoms with Crippen molar-refractivity contribution in [3.05, 3.63) is 114 Å². The van der Waals surface area contributed by atoms with Gasteiger partial charge in [-0.25, -0.2) is 4.79 Å². The number of hydrogen-bond donors (Lipinski definition) is 0. The van der Waals surface area contributed by atoms with Crippen molar-refractivity contribution in [3.8, 4) is 16.9 Å². The van der Waals surface area contributed by atoms with Crippen molar-refractivity contribution in [1.29, 1.82) is 0 Å². The lowest BCUT2D eigenvalue weighted by Gasteiger charge is -2.35. The molecule has 0 amide bonds. The van der Waals surface area contributed by atoms with E-state index in [4.69, 9.17) is 9.47 Å². The Kier molecular flexibility index (Phi) is 7.79. The minimum Gasteiger partial charge on any atom is -0.487 e. The number of esters is 1. The minimum absolute atomic E-state index is 0.191. The largest absolute Gasteiger partial charge is 0.487 e. The molecule has 5 heteroatoms. The van der Waals surface area contributed by atoms with Crippen LogP contribution in [0, 0.1) is 5.92 Å². The van der Waals surface area contributed by atoms with Crippen LogP contribution in [0.15, 0.2) is 91.4 Å². The van der Waals surface area contributed by atoms with Crippen LogP contribution in [0.1, 0.15) is 54.9 Å². The number of carbonyl (C=O) groups excluding carboxylic acids is 1. The van der Waals surface area contributed by atoms with Gasteiger partial charge in [-0.2, -0.15) is 0 Å². The molecular weight excluding hydrogens is 448 g/mol. The van der Waals surface area contributed by atoms with Gasteiger partial charge in [-0.3, -0.25) is 9.97 Å². The SMILES string of the molecule is CCOC(=O)c1cncc(-c2ccc(C(C)(c3ccc(OCc4ccccn4)cc3)C(C)C)cc2)c1. The Morgan fingerprint density at radius 3 is 2.22 bits per heavy atom. The third-order valence-corrected chi connectivity index (χ3v) is 6.79. The maximum absolute atomic E-state index is 12.1. The summed E-state index contributed by atoms with van der Waals surface area (Å²) in [5, 5.41) is 0. The van der Waals surface area contributed by atoms with Crippen molar-refractivity contribution < 1.29 is 14.3 Å². The number of rotatable bonds is 9. The molecule has 4 rings (SSSR count). The normalized spacial score (nSPS) is 12.7. The van der Waals surface area contributed by atoms with Gasteiger partial charge in [0.25, 0.3) is 0 Å². The molecule has 2 heterocycles. The predicted molar refractivity (Wildman–Crippen MR) is 142 cm³/mol. The lowest BCUT2D eigenvalue weighted by atomic mass is 9.68. The molecule has 0 bridgehead atoms. The molecule has 0 aliphatic heterocycles. The topological polar surface area (TPSA) is 61.3 Å². The highest BCUT2D eigenvalue weighted by molar-refractivity contribution is 5.90. The molecule has 184 valence electrons. The van der Waals surface area contributed by atoms with Gasteiger partial charge in [0, 0.05) is 29.6 Å². The number of pyridine rings is 2. The van der Waals surface area contributed by atoms with E-state index in [0.29, 0.717) is 24.7 Å². The third kappa shape index (κ3) is 5.46. The Morgan fingerprint density at radius 2 is 1.61 bits per heavy atom. The zero-order valence-electron chi connectivity index (χ0n) is 21.3. The summed E-state index contributed by atoms with van der Waals surface area (Å²) < 4.78 is 11.0. The molecule has 4 aromatic rings. The summed E-state index contributed by atoms with van der Waals surface area (Å²) in [5.74, 6) is 0.820. The number of carbonyl (C=O) groups is 1. The first-order chi connectivity index (χ1) is 17.4. The van der Waals surface area contributed by atoms with Crippen LogP contribution in [0.25, 0.3) is 11.1 Å². The Morgan fingerprint density at radius 1 is 0.917 bits per heavy atom. The first-order valence-corrected chi connectivity index (χ1v) is 12.3. The van der Waals surface area contributed by atoms with E-state index in [1.165, 1.54) is 17.3 Å². The van der Waals surface area contributed by atoms with Gasteiger partial charge < -0.3 is 9.47 Å². The van der Waals surface area contributed by atoms with Crippen LogP contribution in [0.3, 0.4) is 0 Å². The van der Waals surface area contributed by atoms with E-state index >= 15 is 0 Å². The van der Waals surface area contributed by atoms with Crippen LogP contribution in [-0.2, 0) is 16.8 Å². The van der Waals surface area contributed by atoms with Crippen molar-refractivity contribution in [2.24, 2.45) is 5.92 Å². The molecule has 1 atom stereocenters. The monoisotopic (exact) mass is 480 g/mol. The van der Waals surface area contributed by atoms with Crippen LogP contribution in [0.5, 0.6) is 5.75 Å². The smallest absolute Gasteiger partial charge is 0.339 e. The van der Waals surface area contributed by atoms with E-state index in [9.17, 15) is 4.79 Å². The molecule has 0 saturated heterocycles. The molecule has 2 aromatic heterocycles.